The minimum absolute atomic E-state index is 0.0642. The molecule has 0 bridgehead atoms. The van der Waals surface area contributed by atoms with Gasteiger partial charge in [0.05, 0.1) is 0 Å². The van der Waals surface area contributed by atoms with E-state index in [2.05, 4.69) is 36.1 Å². The van der Waals surface area contributed by atoms with Crippen molar-refractivity contribution in [1.29, 1.82) is 0 Å². The molecule has 0 radical (unpaired) electrons. The fourth-order valence-corrected chi connectivity index (χ4v) is 3.41. The van der Waals surface area contributed by atoms with Gasteiger partial charge < -0.3 is 20.0 Å². The summed E-state index contributed by atoms with van der Waals surface area (Å²) in [5, 5.41) is 19.5. The molecule has 4 atom stereocenters. The van der Waals surface area contributed by atoms with Crippen LogP contribution >= 0.6 is 0 Å². The minimum atomic E-state index is -0.281. The van der Waals surface area contributed by atoms with Crippen molar-refractivity contribution < 1.29 is 20.0 Å². The van der Waals surface area contributed by atoms with Gasteiger partial charge in [0.25, 0.3) is 0 Å². The highest BCUT2D eigenvalue weighted by atomic mass is 16.3. The summed E-state index contributed by atoms with van der Waals surface area (Å²) in [7, 11) is 0. The molecule has 0 saturated carbocycles. The maximum atomic E-state index is 9.73. The van der Waals surface area contributed by atoms with Gasteiger partial charge in [-0.2, -0.15) is 0 Å². The van der Waals surface area contributed by atoms with Crippen LogP contribution in [-0.4, -0.2) is 48.6 Å². The molecule has 4 N–H and O–H groups in total. The average molecular weight is 379 g/mol. The van der Waals surface area contributed by atoms with Crippen molar-refractivity contribution >= 4 is 0 Å². The molecule has 0 spiro atoms. The quantitative estimate of drug-likeness (QED) is 0.385. The van der Waals surface area contributed by atoms with Crippen LogP contribution in [0.25, 0.3) is 0 Å². The molecule has 0 saturated heterocycles. The standard InChI is InChI=1S/C24H28N2O2/c1-3-23(19-27)25(17-21-11-7-5-8-12-21)15-16-26(24(4-2)20-28)18-22-13-9-6-10-14-22/h1-2,5-14,23-24,27-28H,15-20H2/p+2/t23-,24-/m1/s1. The van der Waals surface area contributed by atoms with Gasteiger partial charge in [0.2, 0.25) is 0 Å². The topological polar surface area (TPSA) is 49.3 Å². The summed E-state index contributed by atoms with van der Waals surface area (Å²) in [5.41, 5.74) is 2.35. The highest BCUT2D eigenvalue weighted by Crippen LogP contribution is 1.97. The fraction of sp³-hybridized carbons (Fsp3) is 0.333. The second-order valence-corrected chi connectivity index (χ2v) is 6.94. The van der Waals surface area contributed by atoms with E-state index >= 15 is 0 Å². The molecule has 0 fully saturated rings. The number of aliphatic hydroxyl groups is 2. The van der Waals surface area contributed by atoms with Crippen LogP contribution < -0.4 is 9.80 Å². The number of nitrogens with one attached hydrogen (secondary N) is 2. The van der Waals surface area contributed by atoms with Gasteiger partial charge in [-0.05, 0) is 11.8 Å². The first kappa shape index (κ1) is 21.7. The van der Waals surface area contributed by atoms with Crippen LogP contribution in [0.3, 0.4) is 0 Å². The summed E-state index contributed by atoms with van der Waals surface area (Å²) in [4.78, 5) is 2.24. The minimum Gasteiger partial charge on any atom is -0.389 e. The first-order chi connectivity index (χ1) is 13.7. The molecule has 28 heavy (non-hydrogen) atoms. The maximum Gasteiger partial charge on any atom is 0.172 e. The Labute approximate surface area is 168 Å². The van der Waals surface area contributed by atoms with Crippen LogP contribution in [0.2, 0.25) is 0 Å². The molecule has 4 nitrogen and oxygen atoms in total. The Morgan fingerprint density at radius 3 is 1.32 bits per heavy atom. The lowest BCUT2D eigenvalue weighted by molar-refractivity contribution is -0.986. The first-order valence-corrected chi connectivity index (χ1v) is 9.62. The van der Waals surface area contributed by atoms with E-state index in [0.717, 1.165) is 36.0 Å². The predicted octanol–water partition coefficient (Wildman–Crippen LogP) is -0.855. The Kier molecular flexibility index (Phi) is 9.28. The molecule has 0 aliphatic carbocycles. The Hall–Kier alpha value is -2.60. The Bertz CT molecular complexity index is 697. The number of hydrogen-bond donors (Lipinski definition) is 4. The fourth-order valence-electron chi connectivity index (χ4n) is 3.41. The first-order valence-electron chi connectivity index (χ1n) is 9.62. The van der Waals surface area contributed by atoms with Crippen molar-refractivity contribution in [2.75, 3.05) is 26.3 Å². The zero-order valence-electron chi connectivity index (χ0n) is 16.2. The SMILES string of the molecule is C#C[C@H](CO)[NH+](CC[NH+](Cc1ccccc1)[C@H](C#C)CO)Cc1ccccc1. The third kappa shape index (κ3) is 6.53. The number of benzene rings is 2. The molecular formula is C24H30N2O2+2. The monoisotopic (exact) mass is 378 g/mol. The van der Waals surface area contributed by atoms with Crippen molar-refractivity contribution in [2.45, 2.75) is 25.2 Å². The second-order valence-electron chi connectivity index (χ2n) is 6.94. The van der Waals surface area contributed by atoms with Crippen LogP contribution in [0.15, 0.2) is 60.7 Å². The summed E-state index contributed by atoms with van der Waals surface area (Å²) in [6.45, 7) is 2.81. The molecule has 0 aliphatic heterocycles. The number of quaternary nitrogens is 2. The normalized spacial score (nSPS) is 15.0. The largest absolute Gasteiger partial charge is 0.389 e. The van der Waals surface area contributed by atoms with Crippen molar-refractivity contribution in [3.05, 3.63) is 71.8 Å². The third-order valence-electron chi connectivity index (χ3n) is 5.07. The number of aliphatic hydroxyl groups excluding tert-OH is 2. The summed E-state index contributed by atoms with van der Waals surface area (Å²) in [6.07, 6.45) is 11.3. The van der Waals surface area contributed by atoms with Gasteiger partial charge in [-0.25, -0.2) is 0 Å². The Balaban J connectivity index is 2.13. The lowest BCUT2D eigenvalue weighted by Crippen LogP contribution is -3.23. The molecule has 2 rings (SSSR count). The van der Waals surface area contributed by atoms with Gasteiger partial charge in [-0.15, -0.1) is 12.8 Å². The van der Waals surface area contributed by atoms with Gasteiger partial charge in [-0.3, -0.25) is 0 Å². The molecule has 0 amide bonds. The van der Waals surface area contributed by atoms with Crippen LogP contribution in [0, 0.1) is 24.7 Å². The van der Waals surface area contributed by atoms with Crippen molar-refractivity contribution in [2.24, 2.45) is 0 Å². The maximum absolute atomic E-state index is 9.73. The van der Waals surface area contributed by atoms with E-state index in [0.29, 0.717) is 0 Å². The van der Waals surface area contributed by atoms with E-state index < -0.39 is 0 Å². The smallest absolute Gasteiger partial charge is 0.172 e. The molecule has 0 aliphatic rings. The van der Waals surface area contributed by atoms with Gasteiger partial charge in [0.1, 0.15) is 39.4 Å². The number of rotatable bonds is 11. The second kappa shape index (κ2) is 12.0. The van der Waals surface area contributed by atoms with Crippen molar-refractivity contribution in [3.8, 4) is 24.7 Å². The summed E-state index contributed by atoms with van der Waals surface area (Å²) in [5.74, 6) is 5.43. The van der Waals surface area contributed by atoms with E-state index in [-0.39, 0.29) is 25.3 Å². The summed E-state index contributed by atoms with van der Waals surface area (Å²) in [6, 6.07) is 19.7. The lowest BCUT2D eigenvalue weighted by Gasteiger charge is -2.28. The van der Waals surface area contributed by atoms with Crippen molar-refractivity contribution in [1.82, 2.24) is 0 Å². The van der Waals surface area contributed by atoms with E-state index in [4.69, 9.17) is 12.8 Å². The molecule has 0 aromatic heterocycles. The molecule has 2 aromatic carbocycles. The number of terminal acetylenes is 2. The highest BCUT2D eigenvalue weighted by Gasteiger charge is 2.25. The van der Waals surface area contributed by atoms with Gasteiger partial charge in [0.15, 0.2) is 12.1 Å². The third-order valence-corrected chi connectivity index (χ3v) is 5.07. The Morgan fingerprint density at radius 1 is 0.679 bits per heavy atom. The molecular weight excluding hydrogens is 348 g/mol. The highest BCUT2D eigenvalue weighted by molar-refractivity contribution is 5.14. The Morgan fingerprint density at radius 2 is 1.04 bits per heavy atom. The molecule has 146 valence electrons. The van der Waals surface area contributed by atoms with Crippen LogP contribution in [0.1, 0.15) is 11.1 Å². The average Bonchev–Trinajstić information content (AvgIpc) is 2.74. The van der Waals surface area contributed by atoms with Gasteiger partial charge in [-0.1, -0.05) is 60.7 Å². The van der Waals surface area contributed by atoms with Gasteiger partial charge in [0, 0.05) is 11.1 Å². The van der Waals surface area contributed by atoms with Crippen LogP contribution in [-0.2, 0) is 13.1 Å². The molecule has 0 heterocycles. The summed E-state index contributed by atoms with van der Waals surface area (Å²) < 4.78 is 0. The van der Waals surface area contributed by atoms with E-state index in [9.17, 15) is 10.2 Å². The van der Waals surface area contributed by atoms with Crippen LogP contribution in [0.4, 0.5) is 0 Å². The summed E-state index contributed by atoms with van der Waals surface area (Å²) >= 11 is 0. The molecule has 2 unspecified atom stereocenters. The predicted molar refractivity (Wildman–Crippen MR) is 111 cm³/mol. The zero-order valence-corrected chi connectivity index (χ0v) is 16.2. The van der Waals surface area contributed by atoms with E-state index in [1.165, 1.54) is 11.1 Å². The van der Waals surface area contributed by atoms with E-state index in [1.54, 1.807) is 0 Å². The number of hydrogen-bond acceptors (Lipinski definition) is 2. The van der Waals surface area contributed by atoms with Crippen molar-refractivity contribution in [3.63, 3.8) is 0 Å². The lowest BCUT2D eigenvalue weighted by atomic mass is 10.1. The van der Waals surface area contributed by atoms with Crippen LogP contribution in [0.5, 0.6) is 0 Å². The zero-order chi connectivity index (χ0) is 20.2. The van der Waals surface area contributed by atoms with E-state index in [1.807, 2.05) is 36.4 Å². The van der Waals surface area contributed by atoms with Gasteiger partial charge >= 0.3 is 0 Å². The molecule has 2 aromatic rings. The molecule has 4 heteroatoms.